The Morgan fingerprint density at radius 2 is 2.04 bits per heavy atom. The van der Waals surface area contributed by atoms with Gasteiger partial charge in [0.15, 0.2) is 11.0 Å². The normalized spacial score (nSPS) is 11.7. The van der Waals surface area contributed by atoms with Crippen LogP contribution in [0, 0.1) is 0 Å². The lowest BCUT2D eigenvalue weighted by atomic mass is 10.2. The Balaban J connectivity index is 2.23. The number of rotatable bonds is 6. The molecule has 4 N–H and O–H groups in total. The van der Waals surface area contributed by atoms with Crippen LogP contribution in [-0.4, -0.2) is 27.1 Å². The van der Waals surface area contributed by atoms with E-state index in [0.29, 0.717) is 12.0 Å². The first kappa shape index (κ1) is 17.5. The Bertz CT molecular complexity index is 807. The third kappa shape index (κ3) is 4.13. The maximum Gasteiger partial charge on any atom is 0.277 e. The molecule has 1 heterocycles. The molecule has 0 fully saturated rings. The Hall–Kier alpha value is -2.81. The molecule has 0 aliphatic carbocycles. The van der Waals surface area contributed by atoms with Crippen molar-refractivity contribution in [2.24, 2.45) is 0 Å². The van der Waals surface area contributed by atoms with Crippen LogP contribution in [-0.2, 0) is 4.79 Å². The molecule has 0 aliphatic heterocycles. The highest BCUT2D eigenvalue weighted by atomic mass is 32.2. The van der Waals surface area contributed by atoms with Crippen molar-refractivity contribution < 1.29 is 14.7 Å². The largest absolute Gasteiger partial charge is 0.549 e. The van der Waals surface area contributed by atoms with Gasteiger partial charge in [0.1, 0.15) is 5.69 Å². The highest BCUT2D eigenvalue weighted by Crippen LogP contribution is 2.23. The Morgan fingerprint density at radius 1 is 1.38 bits per heavy atom. The molecule has 0 unspecified atom stereocenters. The van der Waals surface area contributed by atoms with Gasteiger partial charge in [-0.25, -0.2) is 4.98 Å². The zero-order valence-corrected chi connectivity index (χ0v) is 13.6. The van der Waals surface area contributed by atoms with E-state index in [2.05, 4.69) is 15.3 Å². The molecular formula is C15H15N4O4S-. The zero-order chi connectivity index (χ0) is 17.7. The van der Waals surface area contributed by atoms with Gasteiger partial charge in [0.05, 0.1) is 11.2 Å². The second kappa shape index (κ2) is 7.64. The maximum atomic E-state index is 12.1. The second-order valence-corrected chi connectivity index (χ2v) is 5.98. The molecule has 126 valence electrons. The predicted octanol–water partition coefficient (Wildman–Crippen LogP) is 0.225. The molecule has 1 amide bonds. The highest BCUT2D eigenvalue weighted by molar-refractivity contribution is 8.00. The Morgan fingerprint density at radius 3 is 2.58 bits per heavy atom. The summed E-state index contributed by atoms with van der Waals surface area (Å²) >= 11 is 0.828. The summed E-state index contributed by atoms with van der Waals surface area (Å²) in [6.07, 6.45) is 0.295. The monoisotopic (exact) mass is 347 g/mol. The van der Waals surface area contributed by atoms with E-state index in [1.54, 1.807) is 37.3 Å². The average Bonchev–Trinajstić information content (AvgIpc) is 2.56. The number of anilines is 2. The number of hydrogen-bond acceptors (Lipinski definition) is 7. The first-order valence-corrected chi connectivity index (χ1v) is 7.94. The summed E-state index contributed by atoms with van der Waals surface area (Å²) in [6, 6.07) is 8.30. The van der Waals surface area contributed by atoms with Gasteiger partial charge in [0.2, 0.25) is 0 Å². The molecule has 8 nitrogen and oxygen atoms in total. The minimum atomic E-state index is -1.26. The molecule has 1 aromatic carbocycles. The minimum absolute atomic E-state index is 0.0475. The molecular weight excluding hydrogens is 332 g/mol. The third-order valence-corrected chi connectivity index (χ3v) is 4.31. The summed E-state index contributed by atoms with van der Waals surface area (Å²) < 4.78 is 0. The summed E-state index contributed by atoms with van der Waals surface area (Å²) in [7, 11) is 0. The van der Waals surface area contributed by atoms with E-state index < -0.39 is 22.7 Å². The second-order valence-electron chi connectivity index (χ2n) is 4.79. The number of nitrogens with two attached hydrogens (primary N) is 1. The predicted molar refractivity (Wildman–Crippen MR) is 88.6 cm³/mol. The smallest absolute Gasteiger partial charge is 0.277 e. The number of carboxylic acids is 1. The molecule has 1 atom stereocenters. The van der Waals surface area contributed by atoms with Gasteiger partial charge >= 0.3 is 0 Å². The number of thioether (sulfide) groups is 1. The maximum absolute atomic E-state index is 12.1. The molecule has 2 rings (SSSR count). The van der Waals surface area contributed by atoms with E-state index in [0.717, 1.165) is 11.8 Å². The quantitative estimate of drug-likeness (QED) is 0.501. The van der Waals surface area contributed by atoms with Crippen LogP contribution in [0.1, 0.15) is 23.7 Å². The number of aliphatic carboxylic acids is 1. The van der Waals surface area contributed by atoms with E-state index in [4.69, 9.17) is 5.73 Å². The van der Waals surface area contributed by atoms with Crippen molar-refractivity contribution in [3.8, 4) is 0 Å². The van der Waals surface area contributed by atoms with Crippen LogP contribution in [0.3, 0.4) is 0 Å². The number of H-pyrrole nitrogens is 1. The number of carboxylic acid groups (broad SMARTS) is 1. The summed E-state index contributed by atoms with van der Waals surface area (Å²) in [5.41, 5.74) is 5.23. The van der Waals surface area contributed by atoms with Crippen LogP contribution < -0.4 is 21.7 Å². The third-order valence-electron chi connectivity index (χ3n) is 3.09. The van der Waals surface area contributed by atoms with Crippen LogP contribution in [0.2, 0.25) is 0 Å². The van der Waals surface area contributed by atoms with Crippen molar-refractivity contribution in [2.75, 3.05) is 11.1 Å². The Labute approximate surface area is 141 Å². The molecule has 0 saturated heterocycles. The number of nitrogen functional groups attached to an aromatic ring is 1. The van der Waals surface area contributed by atoms with Crippen molar-refractivity contribution in [3.63, 3.8) is 0 Å². The minimum Gasteiger partial charge on any atom is -0.549 e. The lowest BCUT2D eigenvalue weighted by Crippen LogP contribution is -2.33. The highest BCUT2D eigenvalue weighted by Gasteiger charge is 2.16. The molecule has 0 bridgehead atoms. The summed E-state index contributed by atoms with van der Waals surface area (Å²) in [5.74, 6) is -1.96. The number of carbonyl (C=O) groups is 2. The topological polar surface area (TPSA) is 141 Å². The summed E-state index contributed by atoms with van der Waals surface area (Å²) in [4.78, 5) is 41.4. The average molecular weight is 347 g/mol. The van der Waals surface area contributed by atoms with Crippen LogP contribution in [0.25, 0.3) is 0 Å². The first-order valence-electron chi connectivity index (χ1n) is 7.06. The number of hydrogen-bond donors (Lipinski definition) is 3. The molecule has 0 saturated carbocycles. The van der Waals surface area contributed by atoms with E-state index in [-0.39, 0.29) is 16.7 Å². The van der Waals surface area contributed by atoms with Crippen molar-refractivity contribution in [1.29, 1.82) is 0 Å². The zero-order valence-electron chi connectivity index (χ0n) is 12.7. The van der Waals surface area contributed by atoms with Gasteiger partial charge in [-0.1, -0.05) is 36.9 Å². The number of carbonyl (C=O) groups excluding carboxylic acids is 2. The fraction of sp³-hybridized carbons (Fsp3) is 0.200. The van der Waals surface area contributed by atoms with Crippen molar-refractivity contribution in [3.05, 3.63) is 46.2 Å². The van der Waals surface area contributed by atoms with Crippen LogP contribution in [0.15, 0.2) is 40.3 Å². The number of benzene rings is 1. The first-order chi connectivity index (χ1) is 11.4. The summed E-state index contributed by atoms with van der Waals surface area (Å²) in [5, 5.41) is 12.5. The summed E-state index contributed by atoms with van der Waals surface area (Å²) in [6.45, 7) is 1.67. The molecule has 1 aromatic heterocycles. The van der Waals surface area contributed by atoms with Crippen molar-refractivity contribution in [2.45, 2.75) is 23.8 Å². The van der Waals surface area contributed by atoms with Gasteiger partial charge in [0.25, 0.3) is 11.5 Å². The van der Waals surface area contributed by atoms with Crippen molar-refractivity contribution >= 4 is 35.1 Å². The molecule has 2 aromatic rings. The van der Waals surface area contributed by atoms with Gasteiger partial charge in [-0.3, -0.25) is 14.6 Å². The van der Waals surface area contributed by atoms with Gasteiger partial charge in [-0.05, 0) is 18.6 Å². The van der Waals surface area contributed by atoms with Crippen molar-refractivity contribution in [1.82, 2.24) is 9.97 Å². The Kier molecular flexibility index (Phi) is 5.59. The lowest BCUT2D eigenvalue weighted by Gasteiger charge is -2.15. The molecule has 0 aliphatic rings. The molecule has 24 heavy (non-hydrogen) atoms. The van der Waals surface area contributed by atoms with Gasteiger partial charge < -0.3 is 21.0 Å². The fourth-order valence-corrected chi connectivity index (χ4v) is 2.69. The van der Waals surface area contributed by atoms with E-state index >= 15 is 0 Å². The van der Waals surface area contributed by atoms with Crippen LogP contribution >= 0.6 is 11.8 Å². The SMILES string of the molecule is CC[C@@H](Sc1nc(N)c(NC(=O)c2ccccc2)c(=O)[nH]1)C(=O)[O-]. The lowest BCUT2D eigenvalue weighted by molar-refractivity contribution is -0.304. The molecule has 9 heteroatoms. The van der Waals surface area contributed by atoms with Gasteiger partial charge in [0, 0.05) is 5.56 Å². The standard InChI is InChI=1S/C15H16N4O4S/c1-2-9(14(22)23)24-15-18-11(16)10(13(21)19-15)17-12(20)8-6-4-3-5-7-8/h3-7,9H,2H2,1H3,(H,17,20)(H,22,23)(H3,16,18,19,21)/p-1/t9-/m1/s1. The van der Waals surface area contributed by atoms with Gasteiger partial charge in [-0.15, -0.1) is 0 Å². The molecule has 0 spiro atoms. The van der Waals surface area contributed by atoms with Crippen LogP contribution in [0.5, 0.6) is 0 Å². The van der Waals surface area contributed by atoms with E-state index in [1.807, 2.05) is 0 Å². The number of aromatic amines is 1. The van der Waals surface area contributed by atoms with E-state index in [1.165, 1.54) is 0 Å². The van der Waals surface area contributed by atoms with Crippen LogP contribution in [0.4, 0.5) is 11.5 Å². The van der Waals surface area contributed by atoms with Gasteiger partial charge in [-0.2, -0.15) is 0 Å². The number of aromatic nitrogens is 2. The number of nitrogens with zero attached hydrogens (tertiary/aromatic N) is 1. The fourth-order valence-electron chi connectivity index (χ4n) is 1.85. The number of amides is 1. The molecule has 0 radical (unpaired) electrons. The number of nitrogens with one attached hydrogen (secondary N) is 2. The van der Waals surface area contributed by atoms with E-state index in [9.17, 15) is 19.5 Å².